The maximum atomic E-state index is 9.86. The first-order chi connectivity index (χ1) is 6.73. The van der Waals surface area contributed by atoms with Gasteiger partial charge in [-0.05, 0) is 12.1 Å². The fourth-order valence-corrected chi connectivity index (χ4v) is 1.27. The van der Waals surface area contributed by atoms with Gasteiger partial charge < -0.3 is 20.3 Å². The Morgan fingerprint density at radius 3 is 2.07 bits per heavy atom. The van der Waals surface area contributed by atoms with E-state index in [1.165, 1.54) is 0 Å². The molecule has 4 nitrogen and oxygen atoms in total. The van der Waals surface area contributed by atoms with Gasteiger partial charge in [-0.15, -0.1) is 12.4 Å². The van der Waals surface area contributed by atoms with Gasteiger partial charge in [-0.25, -0.2) is 0 Å². The molecule has 0 saturated carbocycles. The van der Waals surface area contributed by atoms with E-state index in [0.29, 0.717) is 11.5 Å². The van der Waals surface area contributed by atoms with E-state index >= 15 is 0 Å². The summed E-state index contributed by atoms with van der Waals surface area (Å²) in [4.78, 5) is 0. The summed E-state index contributed by atoms with van der Waals surface area (Å²) < 4.78 is 10.8. The molecule has 0 saturated heterocycles. The smallest absolute Gasteiger partial charge is 0.161 e. The van der Waals surface area contributed by atoms with E-state index in [-0.39, 0.29) is 32.2 Å². The lowest BCUT2D eigenvalue weighted by atomic mass is 10.1. The van der Waals surface area contributed by atoms with Crippen molar-refractivity contribution in [3.05, 3.63) is 24.3 Å². The zero-order valence-corrected chi connectivity index (χ0v) is 9.00. The Kier molecular flexibility index (Phi) is 3.79. The number of rotatable bonds is 1. The molecule has 3 N–H and O–H groups in total. The van der Waals surface area contributed by atoms with Crippen molar-refractivity contribution in [3.8, 4) is 11.5 Å². The van der Waals surface area contributed by atoms with Crippen molar-refractivity contribution in [2.24, 2.45) is 5.73 Å². The lowest BCUT2D eigenvalue weighted by Gasteiger charge is -2.22. The number of benzene rings is 1. The highest BCUT2D eigenvalue weighted by Crippen LogP contribution is 2.30. The summed E-state index contributed by atoms with van der Waals surface area (Å²) in [6.07, 6.45) is 0. The summed E-state index contributed by atoms with van der Waals surface area (Å²) in [6.45, 7) is 0.460. The number of para-hydroxylation sites is 2. The van der Waals surface area contributed by atoms with Gasteiger partial charge in [0.15, 0.2) is 11.5 Å². The lowest BCUT2D eigenvalue weighted by molar-refractivity contribution is -0.0202. The molecule has 1 aromatic rings. The predicted octanol–water partition coefficient (Wildman–Crippen LogP) is 0.569. The highest BCUT2D eigenvalue weighted by atomic mass is 35.5. The zero-order valence-electron chi connectivity index (χ0n) is 8.18. The SMILES string of the molecule is Cl.NCC1(O)COc2ccccc2OC1. The number of hydrogen-bond donors (Lipinski definition) is 2. The number of aliphatic hydroxyl groups is 1. The summed E-state index contributed by atoms with van der Waals surface area (Å²) in [5, 5.41) is 9.86. The molecule has 0 aromatic heterocycles. The van der Waals surface area contributed by atoms with Crippen LogP contribution in [0.3, 0.4) is 0 Å². The van der Waals surface area contributed by atoms with E-state index in [4.69, 9.17) is 15.2 Å². The molecule has 0 aliphatic carbocycles. The molecule has 1 aliphatic rings. The van der Waals surface area contributed by atoms with Crippen molar-refractivity contribution >= 4 is 12.4 Å². The molecule has 15 heavy (non-hydrogen) atoms. The minimum absolute atomic E-state index is 0. The van der Waals surface area contributed by atoms with Gasteiger partial charge in [-0.1, -0.05) is 12.1 Å². The molecule has 84 valence electrons. The van der Waals surface area contributed by atoms with E-state index in [2.05, 4.69) is 0 Å². The van der Waals surface area contributed by atoms with E-state index < -0.39 is 5.60 Å². The highest BCUT2D eigenvalue weighted by Gasteiger charge is 2.30. The van der Waals surface area contributed by atoms with Crippen LogP contribution in [0.4, 0.5) is 0 Å². The monoisotopic (exact) mass is 231 g/mol. The van der Waals surface area contributed by atoms with Crippen LogP contribution in [0.15, 0.2) is 24.3 Å². The number of fused-ring (bicyclic) bond motifs is 1. The normalized spacial score (nSPS) is 17.5. The van der Waals surface area contributed by atoms with Gasteiger partial charge in [0.2, 0.25) is 0 Å². The number of hydrogen-bond acceptors (Lipinski definition) is 4. The van der Waals surface area contributed by atoms with Gasteiger partial charge in [0.05, 0.1) is 0 Å². The van der Waals surface area contributed by atoms with Crippen LogP contribution < -0.4 is 15.2 Å². The Hall–Kier alpha value is -0.970. The van der Waals surface area contributed by atoms with E-state index in [1.807, 2.05) is 12.1 Å². The van der Waals surface area contributed by atoms with E-state index in [9.17, 15) is 5.11 Å². The third-order valence-electron chi connectivity index (χ3n) is 2.22. The Morgan fingerprint density at radius 1 is 1.20 bits per heavy atom. The summed E-state index contributed by atoms with van der Waals surface area (Å²) in [7, 11) is 0. The summed E-state index contributed by atoms with van der Waals surface area (Å²) in [6, 6.07) is 7.32. The van der Waals surface area contributed by atoms with Gasteiger partial charge >= 0.3 is 0 Å². The molecule has 1 aliphatic heterocycles. The van der Waals surface area contributed by atoms with Gasteiger partial charge in [0.25, 0.3) is 0 Å². The van der Waals surface area contributed by atoms with Crippen LogP contribution in [0.5, 0.6) is 11.5 Å². The Balaban J connectivity index is 0.00000112. The Morgan fingerprint density at radius 2 is 1.67 bits per heavy atom. The van der Waals surface area contributed by atoms with Gasteiger partial charge in [0.1, 0.15) is 18.8 Å². The van der Waals surface area contributed by atoms with Crippen molar-refractivity contribution in [1.29, 1.82) is 0 Å². The first-order valence-electron chi connectivity index (χ1n) is 4.51. The summed E-state index contributed by atoms with van der Waals surface area (Å²) in [5.41, 5.74) is 4.35. The number of halogens is 1. The molecule has 2 rings (SSSR count). The minimum atomic E-state index is -1.08. The largest absolute Gasteiger partial charge is 0.487 e. The average Bonchev–Trinajstić information content (AvgIpc) is 2.40. The fourth-order valence-electron chi connectivity index (χ4n) is 1.27. The second-order valence-corrected chi connectivity index (χ2v) is 3.45. The quantitative estimate of drug-likeness (QED) is 0.742. The lowest BCUT2D eigenvalue weighted by Crippen LogP contribution is -2.47. The average molecular weight is 232 g/mol. The van der Waals surface area contributed by atoms with Crippen molar-refractivity contribution in [3.63, 3.8) is 0 Å². The minimum Gasteiger partial charge on any atom is -0.487 e. The van der Waals surface area contributed by atoms with Crippen molar-refractivity contribution in [2.75, 3.05) is 19.8 Å². The second kappa shape index (κ2) is 4.70. The molecule has 0 spiro atoms. The maximum Gasteiger partial charge on any atom is 0.161 e. The number of ether oxygens (including phenoxy) is 2. The van der Waals surface area contributed by atoms with Gasteiger partial charge in [-0.2, -0.15) is 0 Å². The second-order valence-electron chi connectivity index (χ2n) is 3.45. The van der Waals surface area contributed by atoms with Crippen LogP contribution in [0, 0.1) is 0 Å². The van der Waals surface area contributed by atoms with Crippen LogP contribution in [0.25, 0.3) is 0 Å². The van der Waals surface area contributed by atoms with Gasteiger partial charge in [0, 0.05) is 6.54 Å². The molecule has 1 aromatic carbocycles. The van der Waals surface area contributed by atoms with Gasteiger partial charge in [-0.3, -0.25) is 0 Å². The molecule has 0 amide bonds. The predicted molar refractivity (Wildman–Crippen MR) is 58.7 cm³/mol. The molecule has 0 radical (unpaired) electrons. The molecular weight excluding hydrogens is 218 g/mol. The third kappa shape index (κ3) is 2.53. The first kappa shape index (κ1) is 12.1. The Bertz CT molecular complexity index is 305. The standard InChI is InChI=1S/C10H13NO3.ClH/c11-5-10(12)6-13-8-3-1-2-4-9(8)14-7-10;/h1-4,12H,5-7,11H2;1H. The molecule has 5 heteroatoms. The van der Waals surface area contributed by atoms with Crippen LogP contribution in [-0.2, 0) is 0 Å². The van der Waals surface area contributed by atoms with Crippen molar-refractivity contribution in [2.45, 2.75) is 5.60 Å². The third-order valence-corrected chi connectivity index (χ3v) is 2.22. The molecule has 0 fully saturated rings. The van der Waals surface area contributed by atoms with Crippen molar-refractivity contribution in [1.82, 2.24) is 0 Å². The van der Waals surface area contributed by atoms with Crippen LogP contribution in [-0.4, -0.2) is 30.5 Å². The topological polar surface area (TPSA) is 64.7 Å². The maximum absolute atomic E-state index is 9.86. The molecular formula is C10H14ClNO3. The van der Waals surface area contributed by atoms with E-state index in [1.54, 1.807) is 12.1 Å². The van der Waals surface area contributed by atoms with Crippen LogP contribution in [0.1, 0.15) is 0 Å². The summed E-state index contributed by atoms with van der Waals surface area (Å²) >= 11 is 0. The van der Waals surface area contributed by atoms with E-state index in [0.717, 1.165) is 0 Å². The van der Waals surface area contributed by atoms with Crippen LogP contribution >= 0.6 is 12.4 Å². The molecule has 0 atom stereocenters. The molecule has 1 heterocycles. The van der Waals surface area contributed by atoms with Crippen molar-refractivity contribution < 1.29 is 14.6 Å². The zero-order chi connectivity index (χ0) is 10.0. The fraction of sp³-hybridized carbons (Fsp3) is 0.400. The number of nitrogens with two attached hydrogens (primary N) is 1. The summed E-state index contributed by atoms with van der Waals surface area (Å²) in [5.74, 6) is 1.30. The molecule has 0 bridgehead atoms. The van der Waals surface area contributed by atoms with Crippen LogP contribution in [0.2, 0.25) is 0 Å². The first-order valence-corrected chi connectivity index (χ1v) is 4.51. The molecule has 0 unspecified atom stereocenters. The Labute approximate surface area is 94.4 Å². The highest BCUT2D eigenvalue weighted by molar-refractivity contribution is 5.85.